The van der Waals surface area contributed by atoms with E-state index in [4.69, 9.17) is 16.6 Å². The number of hydrogen-bond donors (Lipinski definition) is 3. The standard InChI is InChI=1S/C27H31ClN6O/c1-18-14-20(17-34-12-10-33(2)11-13-34)16-23-25(18)32-26(31-23)24-22(7-9-30-27(24)35)29-8-6-19-4-3-5-21(28)15-19/h3-5,7,9,14-16H,6,8,10-13,17H2,1-2H3,(H,31,32)(H2,29,30,35). The number of aromatic amines is 2. The van der Waals surface area contributed by atoms with Gasteiger partial charge in [-0.25, -0.2) is 4.98 Å². The van der Waals surface area contributed by atoms with Gasteiger partial charge in [0.25, 0.3) is 5.56 Å². The molecule has 2 aromatic carbocycles. The number of piperazine rings is 1. The predicted octanol–water partition coefficient (Wildman–Crippen LogP) is 4.28. The van der Waals surface area contributed by atoms with Crippen LogP contribution in [0.25, 0.3) is 22.4 Å². The number of halogens is 1. The summed E-state index contributed by atoms with van der Waals surface area (Å²) in [6.45, 7) is 8.02. The molecule has 0 saturated carbocycles. The average molecular weight is 491 g/mol. The summed E-state index contributed by atoms with van der Waals surface area (Å²) in [7, 11) is 2.17. The van der Waals surface area contributed by atoms with Crippen LogP contribution < -0.4 is 10.9 Å². The molecule has 0 unspecified atom stereocenters. The van der Waals surface area contributed by atoms with E-state index < -0.39 is 0 Å². The summed E-state index contributed by atoms with van der Waals surface area (Å²) in [6.07, 6.45) is 2.46. The van der Waals surface area contributed by atoms with Gasteiger partial charge in [0.15, 0.2) is 0 Å². The molecular formula is C27H31ClN6O. The van der Waals surface area contributed by atoms with Crippen LogP contribution in [0.5, 0.6) is 0 Å². The Hall–Kier alpha value is -3.13. The molecule has 1 aliphatic rings. The highest BCUT2D eigenvalue weighted by molar-refractivity contribution is 6.30. The van der Waals surface area contributed by atoms with Gasteiger partial charge in [-0.1, -0.05) is 29.8 Å². The van der Waals surface area contributed by atoms with Crippen molar-refractivity contribution in [1.82, 2.24) is 24.8 Å². The summed E-state index contributed by atoms with van der Waals surface area (Å²) in [5, 5.41) is 4.14. The SMILES string of the molecule is Cc1cc(CN2CCN(C)CC2)cc2[nH]c(-c3c(NCCc4cccc(Cl)c4)cc[nH]c3=O)nc12. The Bertz CT molecular complexity index is 1390. The molecule has 7 nitrogen and oxygen atoms in total. The number of hydrogen-bond acceptors (Lipinski definition) is 5. The molecule has 182 valence electrons. The number of imidazole rings is 1. The van der Waals surface area contributed by atoms with Gasteiger partial charge in [-0.2, -0.15) is 0 Å². The zero-order chi connectivity index (χ0) is 24.4. The average Bonchev–Trinajstić information content (AvgIpc) is 3.25. The van der Waals surface area contributed by atoms with Crippen molar-refractivity contribution in [3.63, 3.8) is 0 Å². The first-order valence-electron chi connectivity index (χ1n) is 12.1. The molecule has 0 amide bonds. The lowest BCUT2D eigenvalue weighted by molar-refractivity contribution is 0.148. The van der Waals surface area contributed by atoms with Crippen molar-refractivity contribution in [3.05, 3.63) is 80.7 Å². The maximum absolute atomic E-state index is 12.9. The minimum absolute atomic E-state index is 0.174. The molecule has 2 aromatic heterocycles. The van der Waals surface area contributed by atoms with Crippen LogP contribution in [0.4, 0.5) is 5.69 Å². The van der Waals surface area contributed by atoms with Crippen molar-refractivity contribution >= 4 is 28.3 Å². The highest BCUT2D eigenvalue weighted by Gasteiger charge is 2.18. The molecule has 1 saturated heterocycles. The number of anilines is 1. The molecule has 3 N–H and O–H groups in total. The van der Waals surface area contributed by atoms with Gasteiger partial charge in [-0.05, 0) is 61.3 Å². The lowest BCUT2D eigenvalue weighted by Gasteiger charge is -2.32. The van der Waals surface area contributed by atoms with Crippen LogP contribution >= 0.6 is 11.6 Å². The molecule has 35 heavy (non-hydrogen) atoms. The van der Waals surface area contributed by atoms with Crippen LogP contribution in [0, 0.1) is 6.92 Å². The number of benzene rings is 2. The second-order valence-electron chi connectivity index (χ2n) is 9.38. The third kappa shape index (κ3) is 5.42. The highest BCUT2D eigenvalue weighted by atomic mass is 35.5. The quantitative estimate of drug-likeness (QED) is 0.360. The van der Waals surface area contributed by atoms with Gasteiger partial charge in [0.2, 0.25) is 0 Å². The molecule has 4 aromatic rings. The van der Waals surface area contributed by atoms with Crippen LogP contribution in [0.3, 0.4) is 0 Å². The van der Waals surface area contributed by atoms with Crippen LogP contribution in [0.2, 0.25) is 5.02 Å². The molecule has 0 spiro atoms. The molecule has 5 rings (SSSR count). The van der Waals surface area contributed by atoms with Gasteiger partial charge >= 0.3 is 0 Å². The van der Waals surface area contributed by atoms with Gasteiger partial charge in [0, 0.05) is 50.5 Å². The Morgan fingerprint density at radius 2 is 1.91 bits per heavy atom. The van der Waals surface area contributed by atoms with E-state index in [0.29, 0.717) is 17.9 Å². The van der Waals surface area contributed by atoms with Crippen LogP contribution in [-0.2, 0) is 13.0 Å². The fourth-order valence-electron chi connectivity index (χ4n) is 4.73. The van der Waals surface area contributed by atoms with Crippen molar-refractivity contribution in [2.24, 2.45) is 0 Å². The lowest BCUT2D eigenvalue weighted by atomic mass is 10.1. The largest absolute Gasteiger partial charge is 0.384 e. The third-order valence-electron chi connectivity index (χ3n) is 6.65. The Labute approximate surface area is 210 Å². The topological polar surface area (TPSA) is 80.0 Å². The Morgan fingerprint density at radius 1 is 1.09 bits per heavy atom. The number of pyridine rings is 1. The van der Waals surface area contributed by atoms with E-state index in [1.165, 1.54) is 5.56 Å². The van der Waals surface area contributed by atoms with Crippen molar-refractivity contribution in [1.29, 1.82) is 0 Å². The van der Waals surface area contributed by atoms with Gasteiger partial charge in [0.05, 0.1) is 16.7 Å². The Balaban J connectivity index is 1.38. The van der Waals surface area contributed by atoms with Crippen molar-refractivity contribution in [2.75, 3.05) is 45.1 Å². The van der Waals surface area contributed by atoms with Gasteiger partial charge in [-0.15, -0.1) is 0 Å². The first-order valence-corrected chi connectivity index (χ1v) is 12.4. The summed E-state index contributed by atoms with van der Waals surface area (Å²) < 4.78 is 0. The zero-order valence-corrected chi connectivity index (χ0v) is 21.0. The number of nitrogens with one attached hydrogen (secondary N) is 3. The van der Waals surface area contributed by atoms with Gasteiger partial charge in [-0.3, -0.25) is 9.69 Å². The second kappa shape index (κ2) is 10.2. The minimum Gasteiger partial charge on any atom is -0.384 e. The normalized spacial score (nSPS) is 15.1. The summed E-state index contributed by atoms with van der Waals surface area (Å²) >= 11 is 6.11. The molecular weight excluding hydrogens is 460 g/mol. The molecule has 3 heterocycles. The maximum Gasteiger partial charge on any atom is 0.261 e. The van der Waals surface area contributed by atoms with Crippen molar-refractivity contribution < 1.29 is 0 Å². The lowest BCUT2D eigenvalue weighted by Crippen LogP contribution is -2.43. The number of nitrogens with zero attached hydrogens (tertiary/aromatic N) is 3. The molecule has 0 bridgehead atoms. The number of rotatable bonds is 7. The molecule has 0 atom stereocenters. The predicted molar refractivity (Wildman–Crippen MR) is 143 cm³/mol. The summed E-state index contributed by atoms with van der Waals surface area (Å²) in [6, 6.07) is 14.1. The highest BCUT2D eigenvalue weighted by Crippen LogP contribution is 2.27. The second-order valence-corrected chi connectivity index (χ2v) is 9.81. The fourth-order valence-corrected chi connectivity index (χ4v) is 4.95. The van der Waals surface area contributed by atoms with E-state index in [2.05, 4.69) is 51.2 Å². The van der Waals surface area contributed by atoms with E-state index in [1.807, 2.05) is 30.3 Å². The third-order valence-corrected chi connectivity index (χ3v) is 6.89. The molecule has 8 heteroatoms. The number of aromatic nitrogens is 3. The smallest absolute Gasteiger partial charge is 0.261 e. The molecule has 1 fully saturated rings. The zero-order valence-electron chi connectivity index (χ0n) is 20.2. The van der Waals surface area contributed by atoms with Crippen molar-refractivity contribution in [2.45, 2.75) is 19.9 Å². The summed E-state index contributed by atoms with van der Waals surface area (Å²) in [4.78, 5) is 28.7. The van der Waals surface area contributed by atoms with E-state index in [-0.39, 0.29) is 5.56 Å². The first-order chi connectivity index (χ1) is 17.0. The van der Waals surface area contributed by atoms with E-state index in [1.54, 1.807) is 6.20 Å². The number of likely N-dealkylation sites (N-methyl/N-ethyl adjacent to an activating group) is 1. The fraction of sp³-hybridized carbons (Fsp3) is 0.333. The van der Waals surface area contributed by atoms with Crippen LogP contribution in [-0.4, -0.2) is 64.5 Å². The van der Waals surface area contributed by atoms with E-state index in [0.717, 1.165) is 72.0 Å². The van der Waals surface area contributed by atoms with Gasteiger partial charge in [0.1, 0.15) is 11.4 Å². The monoisotopic (exact) mass is 490 g/mol. The number of fused-ring (bicyclic) bond motifs is 1. The number of aryl methyl sites for hydroxylation is 1. The van der Waals surface area contributed by atoms with Crippen LogP contribution in [0.15, 0.2) is 53.5 Å². The van der Waals surface area contributed by atoms with E-state index in [9.17, 15) is 4.79 Å². The van der Waals surface area contributed by atoms with Crippen molar-refractivity contribution in [3.8, 4) is 11.4 Å². The summed E-state index contributed by atoms with van der Waals surface area (Å²) in [5.74, 6) is 0.576. The molecule has 0 radical (unpaired) electrons. The van der Waals surface area contributed by atoms with Gasteiger partial charge < -0.3 is 20.2 Å². The first kappa shape index (κ1) is 23.6. The minimum atomic E-state index is -0.174. The molecule has 1 aliphatic heterocycles. The Morgan fingerprint density at radius 3 is 2.71 bits per heavy atom. The molecule has 0 aliphatic carbocycles. The number of H-pyrrole nitrogens is 2. The Kier molecular flexibility index (Phi) is 6.90. The van der Waals surface area contributed by atoms with E-state index >= 15 is 0 Å². The van der Waals surface area contributed by atoms with Crippen LogP contribution in [0.1, 0.15) is 16.7 Å². The maximum atomic E-state index is 12.9. The summed E-state index contributed by atoms with van der Waals surface area (Å²) in [5.41, 5.74) is 6.47.